The summed E-state index contributed by atoms with van der Waals surface area (Å²) in [5.41, 5.74) is 4.74. The number of fused-ring (bicyclic) bond motifs is 3. The number of nitrogens with zero attached hydrogens (tertiary/aromatic N) is 6. The second-order valence-corrected chi connectivity index (χ2v) is 11.6. The van der Waals surface area contributed by atoms with Gasteiger partial charge in [0.15, 0.2) is 0 Å². The molecular weight excluding hydrogens is 498 g/mol. The Labute approximate surface area is 223 Å². The van der Waals surface area contributed by atoms with Crippen LogP contribution >= 0.6 is 0 Å². The van der Waals surface area contributed by atoms with Crippen LogP contribution in [0.4, 0.5) is 23.0 Å². The Morgan fingerprint density at radius 1 is 0.947 bits per heavy atom. The summed E-state index contributed by atoms with van der Waals surface area (Å²) in [5.74, 6) is 0.357. The lowest BCUT2D eigenvalue weighted by Crippen LogP contribution is -2.44. The van der Waals surface area contributed by atoms with E-state index >= 15 is 0 Å². The first kappa shape index (κ1) is 24.4. The molecule has 0 atom stereocenters. The number of sulfonamides is 1. The highest BCUT2D eigenvalue weighted by Gasteiger charge is 2.36. The van der Waals surface area contributed by atoms with Crippen LogP contribution in [0.25, 0.3) is 16.9 Å². The molecule has 0 bridgehead atoms. The van der Waals surface area contributed by atoms with Crippen molar-refractivity contribution in [3.63, 3.8) is 0 Å². The maximum Gasteiger partial charge on any atom is 0.268 e. The largest absolute Gasteiger partial charge is 0.369 e. The van der Waals surface area contributed by atoms with E-state index in [0.29, 0.717) is 30.3 Å². The summed E-state index contributed by atoms with van der Waals surface area (Å²) in [7, 11) is -1.65. The molecule has 38 heavy (non-hydrogen) atoms. The first-order valence-corrected chi connectivity index (χ1v) is 14.4. The van der Waals surface area contributed by atoms with Gasteiger partial charge >= 0.3 is 0 Å². The van der Waals surface area contributed by atoms with Crippen LogP contribution in [0.3, 0.4) is 0 Å². The second-order valence-electron chi connectivity index (χ2n) is 9.74. The van der Waals surface area contributed by atoms with Crippen LogP contribution in [-0.2, 0) is 10.0 Å². The van der Waals surface area contributed by atoms with Crippen molar-refractivity contribution in [3.8, 4) is 16.9 Å². The molecule has 0 saturated carbocycles. The van der Waals surface area contributed by atoms with Gasteiger partial charge in [-0.25, -0.2) is 18.4 Å². The Morgan fingerprint density at radius 2 is 1.66 bits per heavy atom. The summed E-state index contributed by atoms with van der Waals surface area (Å²) in [5, 5.41) is 3.26. The molecule has 0 radical (unpaired) electrons. The van der Waals surface area contributed by atoms with Crippen LogP contribution in [0.2, 0.25) is 0 Å². The minimum Gasteiger partial charge on any atom is -0.369 e. The molecule has 2 aliphatic rings. The molecule has 196 valence electrons. The Bertz CT molecular complexity index is 1540. The van der Waals surface area contributed by atoms with Crippen LogP contribution < -0.4 is 14.5 Å². The molecule has 0 unspecified atom stereocenters. The average molecular weight is 530 g/mol. The van der Waals surface area contributed by atoms with Crippen LogP contribution in [0, 0.1) is 0 Å². The van der Waals surface area contributed by atoms with Crippen molar-refractivity contribution >= 4 is 33.0 Å². The van der Waals surface area contributed by atoms with Crippen molar-refractivity contribution in [3.05, 3.63) is 73.2 Å². The number of anilines is 4. The fourth-order valence-electron chi connectivity index (χ4n) is 5.05. The Balaban J connectivity index is 1.33. The summed E-state index contributed by atoms with van der Waals surface area (Å²) in [4.78, 5) is 13.9. The normalized spacial score (nSPS) is 16.7. The molecule has 0 amide bonds. The first-order chi connectivity index (χ1) is 18.4. The molecule has 1 fully saturated rings. The fraction of sp³-hybridized carbons (Fsp3) is 0.286. The van der Waals surface area contributed by atoms with Gasteiger partial charge in [0.1, 0.15) is 4.90 Å². The molecule has 2 aromatic heterocycles. The third kappa shape index (κ3) is 4.39. The number of piperazine rings is 1. The minimum atomic E-state index is -3.79. The number of likely N-dealkylation sites (N-methyl/N-ethyl adjacent to an activating group) is 1. The highest BCUT2D eigenvalue weighted by Crippen LogP contribution is 2.43. The average Bonchev–Trinajstić information content (AvgIpc) is 3.47. The minimum absolute atomic E-state index is 0.128. The lowest BCUT2D eigenvalue weighted by atomic mass is 10.1. The second kappa shape index (κ2) is 9.77. The Hall–Kier alpha value is -3.89. The van der Waals surface area contributed by atoms with Gasteiger partial charge in [-0.3, -0.25) is 4.31 Å². The fourth-order valence-corrected chi connectivity index (χ4v) is 6.70. The molecule has 1 N–H and O–H groups in total. The molecule has 4 aromatic rings. The van der Waals surface area contributed by atoms with E-state index < -0.39 is 10.0 Å². The standard InChI is InChI=1S/C28H31N7O2S/c1-3-12-35-25-19-23(33-13-4-5-14-33)10-11-24(25)27-26(38(35,36)37)20-29-28(31-27)30-21-6-8-22(9-7-21)34-17-15-32(2)16-18-34/h4-11,13-14,19-20H,3,12,15-18H2,1-2H3,(H,29,30,31). The van der Waals surface area contributed by atoms with Crippen molar-refractivity contribution < 1.29 is 8.42 Å². The van der Waals surface area contributed by atoms with Gasteiger partial charge in [0, 0.05) is 67.7 Å². The lowest BCUT2D eigenvalue weighted by molar-refractivity contribution is 0.313. The van der Waals surface area contributed by atoms with Gasteiger partial charge in [0.05, 0.1) is 17.6 Å². The van der Waals surface area contributed by atoms with Gasteiger partial charge in [-0.15, -0.1) is 0 Å². The van der Waals surface area contributed by atoms with E-state index in [0.717, 1.165) is 43.1 Å². The van der Waals surface area contributed by atoms with E-state index in [1.54, 1.807) is 0 Å². The van der Waals surface area contributed by atoms with Gasteiger partial charge < -0.3 is 19.7 Å². The number of hydrogen-bond donors (Lipinski definition) is 1. The van der Waals surface area contributed by atoms with Crippen LogP contribution in [-0.4, -0.2) is 67.6 Å². The van der Waals surface area contributed by atoms with Crippen molar-refractivity contribution in [2.45, 2.75) is 18.2 Å². The third-order valence-corrected chi connectivity index (χ3v) is 8.96. The van der Waals surface area contributed by atoms with Gasteiger partial charge in [-0.05, 0) is 68.1 Å². The number of hydrogen-bond acceptors (Lipinski definition) is 7. The predicted octanol–water partition coefficient (Wildman–Crippen LogP) is 4.35. The van der Waals surface area contributed by atoms with Crippen LogP contribution in [0.1, 0.15) is 13.3 Å². The highest BCUT2D eigenvalue weighted by atomic mass is 32.2. The molecular formula is C28H31N7O2S. The van der Waals surface area contributed by atoms with Crippen molar-refractivity contribution in [1.29, 1.82) is 0 Å². The van der Waals surface area contributed by atoms with Gasteiger partial charge in [-0.2, -0.15) is 0 Å². The summed E-state index contributed by atoms with van der Waals surface area (Å²) in [6.45, 7) is 6.47. The van der Waals surface area contributed by atoms with E-state index in [1.165, 1.54) is 16.2 Å². The number of nitrogens with one attached hydrogen (secondary N) is 1. The smallest absolute Gasteiger partial charge is 0.268 e. The zero-order valence-corrected chi connectivity index (χ0v) is 22.4. The lowest BCUT2D eigenvalue weighted by Gasteiger charge is -2.34. The molecule has 0 spiro atoms. The zero-order chi connectivity index (χ0) is 26.3. The topological polar surface area (TPSA) is 86.6 Å². The molecule has 9 nitrogen and oxygen atoms in total. The molecule has 6 rings (SSSR count). The molecule has 10 heteroatoms. The third-order valence-electron chi connectivity index (χ3n) is 7.15. The van der Waals surface area contributed by atoms with Gasteiger partial charge in [0.2, 0.25) is 5.95 Å². The van der Waals surface area contributed by atoms with E-state index in [4.69, 9.17) is 4.98 Å². The van der Waals surface area contributed by atoms with E-state index in [1.807, 2.05) is 66.3 Å². The highest BCUT2D eigenvalue weighted by molar-refractivity contribution is 7.93. The van der Waals surface area contributed by atoms with Crippen LogP contribution in [0.15, 0.2) is 78.1 Å². The summed E-state index contributed by atoms with van der Waals surface area (Å²) < 4.78 is 30.7. The molecule has 2 aliphatic heterocycles. The maximum absolute atomic E-state index is 13.6. The molecule has 0 aliphatic carbocycles. The summed E-state index contributed by atoms with van der Waals surface area (Å²) >= 11 is 0. The monoisotopic (exact) mass is 529 g/mol. The van der Waals surface area contributed by atoms with Crippen molar-refractivity contribution in [1.82, 2.24) is 19.4 Å². The van der Waals surface area contributed by atoms with E-state index in [9.17, 15) is 8.42 Å². The first-order valence-electron chi connectivity index (χ1n) is 12.9. The zero-order valence-electron chi connectivity index (χ0n) is 21.6. The van der Waals surface area contributed by atoms with E-state index in [2.05, 4.69) is 39.3 Å². The summed E-state index contributed by atoms with van der Waals surface area (Å²) in [6, 6.07) is 17.9. The predicted molar refractivity (Wildman–Crippen MR) is 151 cm³/mol. The Morgan fingerprint density at radius 3 is 2.37 bits per heavy atom. The van der Waals surface area contributed by atoms with Gasteiger partial charge in [-0.1, -0.05) is 6.92 Å². The molecule has 4 heterocycles. The van der Waals surface area contributed by atoms with Crippen molar-refractivity contribution in [2.75, 3.05) is 54.3 Å². The number of aromatic nitrogens is 3. The summed E-state index contributed by atoms with van der Waals surface area (Å²) in [6.07, 6.45) is 5.99. The maximum atomic E-state index is 13.6. The molecule has 2 aromatic carbocycles. The van der Waals surface area contributed by atoms with Crippen LogP contribution in [0.5, 0.6) is 0 Å². The van der Waals surface area contributed by atoms with Crippen molar-refractivity contribution in [2.24, 2.45) is 0 Å². The van der Waals surface area contributed by atoms with Gasteiger partial charge in [0.25, 0.3) is 10.0 Å². The van der Waals surface area contributed by atoms with E-state index in [-0.39, 0.29) is 4.90 Å². The quantitative estimate of drug-likeness (QED) is 0.397. The number of rotatable bonds is 6. The SMILES string of the molecule is CCCN1c2cc(-n3cccc3)ccc2-c2nc(Nc3ccc(N4CCN(C)CC4)cc3)ncc2S1(=O)=O. The molecule has 1 saturated heterocycles. The Kier molecular flexibility index (Phi) is 6.29. The number of benzene rings is 2.